The van der Waals surface area contributed by atoms with E-state index in [4.69, 9.17) is 0 Å². The van der Waals surface area contributed by atoms with Crippen LogP contribution in [0, 0.1) is 0 Å². The van der Waals surface area contributed by atoms with Crippen molar-refractivity contribution >= 4 is 525 Å². The van der Waals surface area contributed by atoms with Crippen molar-refractivity contribution in [3.8, 4) is 0 Å². The second kappa shape index (κ2) is 88.9. The zero-order chi connectivity index (χ0) is 49.4. The third kappa shape index (κ3) is 88.9. The van der Waals surface area contributed by atoms with E-state index in [-0.39, 0.29) is 0 Å². The molecule has 0 aliphatic rings. The van der Waals surface area contributed by atoms with Crippen LogP contribution in [0.5, 0.6) is 0 Å². The van der Waals surface area contributed by atoms with Crippen molar-refractivity contribution in [2.75, 3.05) is 0 Å². The molecule has 0 nitrogen and oxygen atoms in total. The van der Waals surface area contributed by atoms with E-state index in [9.17, 15) is 0 Å². The minimum Gasteiger partial charge on any atom is -0.0774 e. The summed E-state index contributed by atoms with van der Waals surface area (Å²) in [5.74, 6) is 0. The van der Waals surface area contributed by atoms with Gasteiger partial charge in [-0.05, 0) is 68.0 Å². The van der Waals surface area contributed by atoms with Crippen molar-refractivity contribution in [2.24, 2.45) is 0 Å². The molecule has 348 valence electrons. The van der Waals surface area contributed by atoms with Crippen molar-refractivity contribution in [3.05, 3.63) is 0 Å². The Morgan fingerprint density at radius 2 is 0.232 bits per heavy atom. The summed E-state index contributed by atoms with van der Waals surface area (Å²) in [5.41, 5.74) is 0. The van der Waals surface area contributed by atoms with Gasteiger partial charge >= 0.3 is 101 Å². The Bertz CT molecular complexity index is 2400. The fourth-order valence-corrected chi connectivity index (χ4v) is 283. The van der Waals surface area contributed by atoms with Crippen LogP contribution in [0.3, 0.4) is 0 Å². The Kier molecular flexibility index (Phi) is 116. The number of hydrogen-bond acceptors (Lipinski definition) is 0. The summed E-state index contributed by atoms with van der Waals surface area (Å²) < 4.78 is 0. The number of hydrogen-bond donors (Lipinski definition) is 0. The Morgan fingerprint density at radius 1 is 0.145 bits per heavy atom. The molecule has 0 rings (SSSR count). The van der Waals surface area contributed by atoms with Gasteiger partial charge in [0.1, 0.15) is 0 Å². The van der Waals surface area contributed by atoms with Gasteiger partial charge in [-0.1, -0.05) is 8.93 Å². The summed E-state index contributed by atoms with van der Waals surface area (Å²) >= 11 is 0. The molecule has 1 unspecified atom stereocenters. The maximum absolute atomic E-state index is 4.18. The summed E-state index contributed by atoms with van der Waals surface area (Å²) in [6, 6.07) is 0. The molecule has 0 aromatic heterocycles. The molecule has 0 saturated heterocycles. The van der Waals surface area contributed by atoms with E-state index in [0.717, 1.165) is 0 Å². The summed E-state index contributed by atoms with van der Waals surface area (Å²) in [6.45, 7) is 0. The van der Waals surface area contributed by atoms with Gasteiger partial charge in [0, 0.05) is 348 Å². The van der Waals surface area contributed by atoms with Gasteiger partial charge in [-0.15, -0.1) is 0 Å². The van der Waals surface area contributed by atoms with Crippen LogP contribution in [0.2, 0.25) is 0 Å². The average Bonchev–Trinajstić information content (AvgIpc) is 3.36. The van der Waals surface area contributed by atoms with Crippen molar-refractivity contribution in [1.29, 1.82) is 0 Å². The van der Waals surface area contributed by atoms with Crippen LogP contribution in [-0.2, 0) is 0 Å². The van der Waals surface area contributed by atoms with E-state index >= 15 is 0 Å². The molecular formula is H2P68S. The number of rotatable bonds is 32. The molecule has 0 bridgehead atoms. The minimum absolute atomic E-state index is 1.38. The smallest absolute Gasteiger partial charge is 0.0774 e. The maximum atomic E-state index is 4.18. The van der Waals surface area contributed by atoms with Crippen LogP contribution in [0.25, 0.3) is 0 Å². The first-order valence-corrected chi connectivity index (χ1v) is 123. The van der Waals surface area contributed by atoms with Crippen LogP contribution in [0.15, 0.2) is 0 Å². The Labute approximate surface area is 516 Å². The quantitative estimate of drug-likeness (QED) is 0.0589. The zero-order valence-corrected chi connectivity index (χ0v) is 92.8. The first-order valence-electron chi connectivity index (χ1n) is 13.6. The predicted octanol–water partition coefficient (Wildman–Crippen LogP) is 58.7. The van der Waals surface area contributed by atoms with Gasteiger partial charge in [0.2, 0.25) is 0 Å². The normalized spacial score (nSPS) is 15.5. The Morgan fingerprint density at radius 3 is 0.319 bits per heavy atom. The van der Waals surface area contributed by atoms with Gasteiger partial charge in [0.05, 0.1) is 0 Å². The molecule has 69 heteroatoms. The molecule has 0 aromatic carbocycles. The third-order valence-corrected chi connectivity index (χ3v) is 214. The van der Waals surface area contributed by atoms with Crippen molar-refractivity contribution < 1.29 is 0 Å². The van der Waals surface area contributed by atoms with E-state index in [2.05, 4.69) is 16.7 Å². The first kappa shape index (κ1) is 89.9. The zero-order valence-electron chi connectivity index (χ0n) is 30.9. The molecule has 0 N–H and O–H groups in total. The summed E-state index contributed by atoms with van der Waals surface area (Å²) in [4.78, 5) is 0. The molecule has 0 saturated carbocycles. The molecule has 0 amide bonds. The Balaban J connectivity index is 4.09. The molecule has 0 heterocycles. The molecule has 0 aliphatic carbocycles. The molecular weight excluding hydrogens is 2140 g/mol. The fourth-order valence-electron chi connectivity index (χ4n) is 1.16. The topological polar surface area (TPSA) is 0 Å². The van der Waals surface area contributed by atoms with Gasteiger partial charge < -0.3 is 0 Å². The summed E-state index contributed by atoms with van der Waals surface area (Å²) in [6.07, 6.45) is 0. The van der Waals surface area contributed by atoms with Gasteiger partial charge in [-0.3, -0.25) is 0 Å². The van der Waals surface area contributed by atoms with E-state index in [1.54, 1.807) is 471 Å². The summed E-state index contributed by atoms with van der Waals surface area (Å²) in [5, 5.41) is 0. The van der Waals surface area contributed by atoms with Crippen LogP contribution in [-0.4, -0.2) is 0 Å². The monoisotopic (exact) mass is 2140 g/mol. The summed E-state index contributed by atoms with van der Waals surface area (Å²) in [7, 11) is 114. The Hall–Kier alpha value is 20.9. The van der Waals surface area contributed by atoms with Gasteiger partial charge in [-0.25, -0.2) is 0 Å². The van der Waals surface area contributed by atoms with E-state index in [1.807, 2.05) is 0 Å². The van der Waals surface area contributed by atoms with E-state index in [0.29, 0.717) is 0 Å². The van der Waals surface area contributed by atoms with Crippen LogP contribution in [0.1, 0.15) is 0 Å². The molecule has 1 atom stereocenters. The van der Waals surface area contributed by atoms with Gasteiger partial charge in [-0.2, -0.15) is 0 Å². The molecule has 0 aromatic rings. The van der Waals surface area contributed by atoms with Crippen molar-refractivity contribution in [1.82, 2.24) is 0 Å². The van der Waals surface area contributed by atoms with Crippen LogP contribution in [0.4, 0.5) is 0 Å². The van der Waals surface area contributed by atoms with Gasteiger partial charge in [0.25, 0.3) is 0 Å². The fraction of sp³-hybridized carbons (Fsp3) is 0. The van der Waals surface area contributed by atoms with E-state index < -0.39 is 0 Å². The molecule has 0 radical (unpaired) electrons. The van der Waals surface area contributed by atoms with Crippen LogP contribution < -0.4 is 0 Å². The first-order chi connectivity index (χ1) is 34.4. The second-order valence-corrected chi connectivity index (χ2v) is 162. The standard InChI is InChI=1S/H2P68S/c1-3-4-5-6-7-8-9-10-11-12-13-14-15-16-17-18-19-20-21-22-23-24-25-26-27-28-29-30-31-32-33-34-35-36-37-38-39-40-41-42-43-44-45-46-47-48-49-50-51-52-53-54-55-56-57-58-59-60-61-62-63-64-65-66-67-68-69-2/h1H2. The van der Waals surface area contributed by atoms with Gasteiger partial charge in [0.15, 0.2) is 0 Å². The molecule has 0 fully saturated rings. The third-order valence-electron chi connectivity index (χ3n) is 2.64. The SMILES string of the molecule is P#SP=PP=PP=PP=PP=PP=PP=PP=PP=PP=PP=PP=PP=PP=PP=PP=PP=PP=PP=PP=PP=PP=PP=PP=PP=PP=PP=PP=PP=PP=PP=PP=PP=PP. The molecule has 0 spiro atoms. The molecule has 69 heavy (non-hydrogen) atoms. The van der Waals surface area contributed by atoms with Crippen molar-refractivity contribution in [3.63, 3.8) is 0 Å². The van der Waals surface area contributed by atoms with Crippen LogP contribution >= 0.6 is 525 Å². The van der Waals surface area contributed by atoms with E-state index in [1.165, 1.54) is 37.3 Å². The predicted molar refractivity (Wildman–Crippen MR) is 481 cm³/mol. The minimum atomic E-state index is 1.38. The van der Waals surface area contributed by atoms with Crippen molar-refractivity contribution in [2.45, 2.75) is 0 Å². The second-order valence-electron chi connectivity index (χ2n) is 6.00. The average molecular weight is 2140 g/mol. The molecule has 0 aliphatic heterocycles.